The van der Waals surface area contributed by atoms with Gasteiger partial charge in [0.25, 0.3) is 0 Å². The van der Waals surface area contributed by atoms with E-state index < -0.39 is 0 Å². The molecule has 1 atom stereocenters. The molecular weight excluding hydrogens is 244 g/mol. The van der Waals surface area contributed by atoms with E-state index in [0.717, 1.165) is 23.6 Å². The molecule has 5 heteroatoms. The lowest BCUT2D eigenvalue weighted by Crippen LogP contribution is -2.32. The van der Waals surface area contributed by atoms with E-state index in [0.29, 0.717) is 12.1 Å². The maximum atomic E-state index is 6.18. The van der Waals surface area contributed by atoms with Crippen LogP contribution in [0.5, 0.6) is 0 Å². The number of aromatic nitrogens is 2. The summed E-state index contributed by atoms with van der Waals surface area (Å²) >= 11 is 1.88. The lowest BCUT2D eigenvalue weighted by Gasteiger charge is -2.28. The van der Waals surface area contributed by atoms with Crippen LogP contribution in [0.1, 0.15) is 38.9 Å². The van der Waals surface area contributed by atoms with Crippen LogP contribution in [-0.2, 0) is 0 Å². The SMILES string of the molecule is CSCCC(C)N(C)c1c(N)c(C)nn1C(C)C. The number of hydrogen-bond acceptors (Lipinski definition) is 4. The van der Waals surface area contributed by atoms with Crippen molar-refractivity contribution in [2.45, 2.75) is 46.2 Å². The number of nitrogen functional groups attached to an aromatic ring is 1. The van der Waals surface area contributed by atoms with E-state index in [1.807, 2.05) is 23.4 Å². The number of aryl methyl sites for hydroxylation is 1. The monoisotopic (exact) mass is 270 g/mol. The fourth-order valence-corrected chi connectivity index (χ4v) is 2.53. The van der Waals surface area contributed by atoms with Gasteiger partial charge in [-0.15, -0.1) is 0 Å². The first-order valence-corrected chi connectivity index (χ1v) is 7.85. The summed E-state index contributed by atoms with van der Waals surface area (Å²) in [7, 11) is 2.11. The van der Waals surface area contributed by atoms with Crippen LogP contribution in [0.15, 0.2) is 0 Å². The Hall–Kier alpha value is -0.840. The first-order chi connectivity index (χ1) is 8.40. The molecule has 0 aliphatic carbocycles. The molecule has 1 aromatic rings. The van der Waals surface area contributed by atoms with Crippen molar-refractivity contribution in [3.8, 4) is 0 Å². The van der Waals surface area contributed by atoms with Crippen molar-refractivity contribution in [2.75, 3.05) is 29.7 Å². The topological polar surface area (TPSA) is 47.1 Å². The van der Waals surface area contributed by atoms with Gasteiger partial charge in [0.2, 0.25) is 0 Å². The lowest BCUT2D eigenvalue weighted by molar-refractivity contribution is 0.515. The van der Waals surface area contributed by atoms with E-state index in [-0.39, 0.29) is 0 Å². The molecular formula is C13H26N4S. The maximum Gasteiger partial charge on any atom is 0.150 e. The number of hydrogen-bond donors (Lipinski definition) is 1. The molecule has 18 heavy (non-hydrogen) atoms. The molecule has 0 radical (unpaired) electrons. The van der Waals surface area contributed by atoms with Crippen molar-refractivity contribution in [1.82, 2.24) is 9.78 Å². The highest BCUT2D eigenvalue weighted by atomic mass is 32.2. The third-order valence-electron chi connectivity index (χ3n) is 3.33. The van der Waals surface area contributed by atoms with E-state index in [9.17, 15) is 0 Å². The highest BCUT2D eigenvalue weighted by molar-refractivity contribution is 7.98. The average molecular weight is 270 g/mol. The van der Waals surface area contributed by atoms with Crippen molar-refractivity contribution in [2.24, 2.45) is 0 Å². The molecule has 0 saturated carbocycles. The molecule has 1 aromatic heterocycles. The summed E-state index contributed by atoms with van der Waals surface area (Å²) < 4.78 is 2.03. The lowest BCUT2D eigenvalue weighted by atomic mass is 10.2. The van der Waals surface area contributed by atoms with Crippen LogP contribution in [-0.4, -0.2) is 34.9 Å². The molecule has 0 aromatic carbocycles. The smallest absolute Gasteiger partial charge is 0.150 e. The Morgan fingerprint density at radius 1 is 1.39 bits per heavy atom. The molecule has 0 saturated heterocycles. The zero-order chi connectivity index (χ0) is 13.9. The summed E-state index contributed by atoms with van der Waals surface area (Å²) in [4.78, 5) is 2.26. The van der Waals surface area contributed by atoms with Crippen LogP contribution in [0, 0.1) is 6.92 Å². The minimum atomic E-state index is 0.325. The predicted octanol–water partition coefficient (Wildman–Crippen LogP) is 2.93. The summed E-state index contributed by atoms with van der Waals surface area (Å²) in [5.74, 6) is 2.22. The van der Waals surface area contributed by atoms with E-state index in [4.69, 9.17) is 5.73 Å². The number of anilines is 2. The van der Waals surface area contributed by atoms with E-state index in [2.05, 4.69) is 44.1 Å². The quantitative estimate of drug-likeness (QED) is 0.863. The van der Waals surface area contributed by atoms with Gasteiger partial charge in [0.15, 0.2) is 5.82 Å². The maximum absolute atomic E-state index is 6.18. The minimum Gasteiger partial charge on any atom is -0.394 e. The summed E-state index contributed by atoms with van der Waals surface area (Å²) in [6, 6.07) is 0.791. The van der Waals surface area contributed by atoms with Gasteiger partial charge in [-0.05, 0) is 46.1 Å². The van der Waals surface area contributed by atoms with Crippen LogP contribution in [0.3, 0.4) is 0 Å². The normalized spacial score (nSPS) is 13.1. The van der Waals surface area contributed by atoms with Gasteiger partial charge in [0.1, 0.15) is 0 Å². The van der Waals surface area contributed by atoms with Crippen LogP contribution in [0.4, 0.5) is 11.5 Å². The third-order valence-corrected chi connectivity index (χ3v) is 3.97. The molecule has 1 unspecified atom stereocenters. The molecule has 1 rings (SSSR count). The molecule has 0 bridgehead atoms. The van der Waals surface area contributed by atoms with Gasteiger partial charge in [-0.2, -0.15) is 16.9 Å². The predicted molar refractivity (Wildman–Crippen MR) is 82.6 cm³/mol. The summed E-state index contributed by atoms with van der Waals surface area (Å²) in [6.07, 6.45) is 3.29. The Labute approximate surface area is 115 Å². The van der Waals surface area contributed by atoms with Crippen LogP contribution >= 0.6 is 11.8 Å². The Balaban J connectivity index is 3.00. The summed E-state index contributed by atoms with van der Waals surface area (Å²) in [6.45, 7) is 8.48. The Bertz CT molecular complexity index is 387. The van der Waals surface area contributed by atoms with Crippen molar-refractivity contribution in [1.29, 1.82) is 0 Å². The molecule has 0 amide bonds. The van der Waals surface area contributed by atoms with Gasteiger partial charge in [-0.25, -0.2) is 4.68 Å². The molecule has 104 valence electrons. The van der Waals surface area contributed by atoms with Crippen LogP contribution in [0.2, 0.25) is 0 Å². The molecule has 0 aliphatic rings. The number of nitrogens with zero attached hydrogens (tertiary/aromatic N) is 3. The summed E-state index contributed by atoms with van der Waals surface area (Å²) in [5, 5.41) is 4.54. The zero-order valence-corrected chi connectivity index (χ0v) is 13.2. The van der Waals surface area contributed by atoms with Gasteiger partial charge < -0.3 is 10.6 Å². The van der Waals surface area contributed by atoms with Gasteiger partial charge in [0, 0.05) is 19.1 Å². The van der Waals surface area contributed by atoms with Crippen molar-refractivity contribution in [3.05, 3.63) is 5.69 Å². The highest BCUT2D eigenvalue weighted by Crippen LogP contribution is 2.30. The highest BCUT2D eigenvalue weighted by Gasteiger charge is 2.21. The molecule has 2 N–H and O–H groups in total. The Kier molecular flexibility index (Phi) is 5.38. The molecule has 4 nitrogen and oxygen atoms in total. The second-order valence-electron chi connectivity index (χ2n) is 5.10. The summed E-state index contributed by atoms with van der Waals surface area (Å²) in [5.41, 5.74) is 7.91. The molecule has 0 aliphatic heterocycles. The third kappa shape index (κ3) is 3.13. The number of thioether (sulfide) groups is 1. The van der Waals surface area contributed by atoms with Crippen molar-refractivity contribution in [3.63, 3.8) is 0 Å². The van der Waals surface area contributed by atoms with Crippen molar-refractivity contribution < 1.29 is 0 Å². The molecule has 1 heterocycles. The standard InChI is InChI=1S/C13H26N4S/c1-9(2)17-13(12(14)11(4)15-17)16(5)10(3)7-8-18-6/h9-10H,7-8,14H2,1-6H3. The van der Waals surface area contributed by atoms with E-state index in [1.54, 1.807) is 0 Å². The minimum absolute atomic E-state index is 0.325. The van der Waals surface area contributed by atoms with E-state index >= 15 is 0 Å². The fourth-order valence-electron chi connectivity index (χ4n) is 1.95. The largest absolute Gasteiger partial charge is 0.394 e. The van der Waals surface area contributed by atoms with Crippen LogP contribution in [0.25, 0.3) is 0 Å². The number of nitrogens with two attached hydrogens (primary N) is 1. The first kappa shape index (κ1) is 15.2. The molecule has 0 spiro atoms. The Morgan fingerprint density at radius 3 is 2.50 bits per heavy atom. The van der Waals surface area contributed by atoms with Crippen LogP contribution < -0.4 is 10.6 Å². The van der Waals surface area contributed by atoms with Gasteiger partial charge in [-0.1, -0.05) is 0 Å². The van der Waals surface area contributed by atoms with Gasteiger partial charge >= 0.3 is 0 Å². The van der Waals surface area contributed by atoms with Gasteiger partial charge in [0.05, 0.1) is 11.4 Å². The zero-order valence-electron chi connectivity index (χ0n) is 12.4. The van der Waals surface area contributed by atoms with Gasteiger partial charge in [-0.3, -0.25) is 0 Å². The van der Waals surface area contributed by atoms with E-state index in [1.165, 1.54) is 5.75 Å². The molecule has 0 fully saturated rings. The second-order valence-corrected chi connectivity index (χ2v) is 6.09. The number of rotatable bonds is 6. The first-order valence-electron chi connectivity index (χ1n) is 6.46. The fraction of sp³-hybridized carbons (Fsp3) is 0.769. The van der Waals surface area contributed by atoms with Crippen molar-refractivity contribution >= 4 is 23.3 Å². The average Bonchev–Trinajstić information content (AvgIpc) is 2.62. The second kappa shape index (κ2) is 6.36. The Morgan fingerprint density at radius 2 is 2.00 bits per heavy atom.